The molecule has 4 rings (SSSR count). The molecule has 0 aromatic heterocycles. The van der Waals surface area contributed by atoms with Gasteiger partial charge in [-0.1, -0.05) is 29.8 Å². The van der Waals surface area contributed by atoms with Gasteiger partial charge in [-0.05, 0) is 37.1 Å². The molecule has 32 heavy (non-hydrogen) atoms. The van der Waals surface area contributed by atoms with Crippen molar-refractivity contribution in [2.45, 2.75) is 23.8 Å². The van der Waals surface area contributed by atoms with Gasteiger partial charge in [-0.2, -0.15) is 0 Å². The van der Waals surface area contributed by atoms with E-state index in [0.29, 0.717) is 57.2 Å². The number of nitrogens with one attached hydrogen (secondary N) is 1. The van der Waals surface area contributed by atoms with E-state index in [4.69, 9.17) is 27.9 Å². The Bertz CT molecular complexity index is 931. The van der Waals surface area contributed by atoms with Crippen LogP contribution >= 0.6 is 23.2 Å². The molecule has 2 heterocycles. The molecule has 6 nitrogen and oxygen atoms in total. The predicted molar refractivity (Wildman–Crippen MR) is 121 cm³/mol. The molecule has 0 bridgehead atoms. The smallest absolute Gasteiger partial charge is 0.317 e. The summed E-state index contributed by atoms with van der Waals surface area (Å²) in [6.07, 6.45) is 6.64. The summed E-state index contributed by atoms with van der Waals surface area (Å²) in [6.45, 7) is 2.72. The molecule has 2 fully saturated rings. The standard InChI is InChI=1S/C23H26Cl2FN3O3/c24-17-6-5-16(19(25)13-17)14-27-22(31)29-11-12-32-23(15-29)7-9-28(10-8-23)21(30)18-3-1-2-4-20(18)26/h1-6,13,16,19H,7-12,14-15H2,(H,27,31). The summed E-state index contributed by atoms with van der Waals surface area (Å²) in [6, 6.07) is 5.86. The molecule has 1 N–H and O–H groups in total. The van der Waals surface area contributed by atoms with E-state index in [1.165, 1.54) is 12.1 Å². The Hall–Kier alpha value is -2.09. The first-order valence-electron chi connectivity index (χ1n) is 10.8. The van der Waals surface area contributed by atoms with Crippen LogP contribution in [-0.2, 0) is 4.74 Å². The molecule has 2 unspecified atom stereocenters. The maximum Gasteiger partial charge on any atom is 0.317 e. The van der Waals surface area contributed by atoms with E-state index in [1.54, 1.807) is 34.1 Å². The molecule has 2 atom stereocenters. The zero-order valence-corrected chi connectivity index (χ0v) is 19.1. The topological polar surface area (TPSA) is 61.9 Å². The molecule has 9 heteroatoms. The number of benzene rings is 1. The normalized spacial score (nSPS) is 24.9. The van der Waals surface area contributed by atoms with E-state index < -0.39 is 11.4 Å². The molecule has 3 amide bonds. The molecule has 2 saturated heterocycles. The number of nitrogens with zero attached hydrogens (tertiary/aromatic N) is 2. The first-order chi connectivity index (χ1) is 15.4. The minimum atomic E-state index is -0.515. The van der Waals surface area contributed by atoms with Crippen LogP contribution in [0.2, 0.25) is 0 Å². The van der Waals surface area contributed by atoms with Crippen LogP contribution in [0.15, 0.2) is 47.5 Å². The van der Waals surface area contributed by atoms with Crippen molar-refractivity contribution in [3.8, 4) is 0 Å². The van der Waals surface area contributed by atoms with Gasteiger partial charge >= 0.3 is 6.03 Å². The minimum Gasteiger partial charge on any atom is -0.371 e. The molecule has 1 aliphatic carbocycles. The Morgan fingerprint density at radius 2 is 1.94 bits per heavy atom. The Kier molecular flexibility index (Phi) is 7.08. The monoisotopic (exact) mass is 481 g/mol. The van der Waals surface area contributed by atoms with Crippen molar-refractivity contribution in [3.05, 3.63) is 58.9 Å². The van der Waals surface area contributed by atoms with Crippen LogP contribution in [0, 0.1) is 11.7 Å². The summed E-state index contributed by atoms with van der Waals surface area (Å²) in [5, 5.41) is 3.30. The van der Waals surface area contributed by atoms with Gasteiger partial charge in [0.1, 0.15) is 5.82 Å². The van der Waals surface area contributed by atoms with Crippen LogP contribution in [0.25, 0.3) is 0 Å². The number of amides is 3. The lowest BCUT2D eigenvalue weighted by molar-refractivity contribution is -0.122. The third-order valence-electron chi connectivity index (χ3n) is 6.32. The highest BCUT2D eigenvalue weighted by Gasteiger charge is 2.42. The average molecular weight is 482 g/mol. The van der Waals surface area contributed by atoms with E-state index in [-0.39, 0.29) is 28.8 Å². The molecule has 2 aliphatic heterocycles. The highest BCUT2D eigenvalue weighted by atomic mass is 35.5. The van der Waals surface area contributed by atoms with E-state index in [9.17, 15) is 14.0 Å². The second-order valence-electron chi connectivity index (χ2n) is 8.43. The van der Waals surface area contributed by atoms with Gasteiger partial charge < -0.3 is 19.9 Å². The summed E-state index contributed by atoms with van der Waals surface area (Å²) in [5.74, 6) is -0.848. The van der Waals surface area contributed by atoms with E-state index in [1.807, 2.05) is 6.08 Å². The van der Waals surface area contributed by atoms with Crippen molar-refractivity contribution in [2.24, 2.45) is 5.92 Å². The van der Waals surface area contributed by atoms with Crippen molar-refractivity contribution in [2.75, 3.05) is 39.3 Å². The lowest BCUT2D eigenvalue weighted by atomic mass is 9.89. The third-order valence-corrected chi connectivity index (χ3v) is 7.02. The van der Waals surface area contributed by atoms with Gasteiger partial charge in [0.25, 0.3) is 5.91 Å². The van der Waals surface area contributed by atoms with Gasteiger partial charge in [0.15, 0.2) is 0 Å². The predicted octanol–water partition coefficient (Wildman–Crippen LogP) is 3.76. The van der Waals surface area contributed by atoms with Crippen LogP contribution in [0.3, 0.4) is 0 Å². The van der Waals surface area contributed by atoms with Crippen LogP contribution in [0.1, 0.15) is 23.2 Å². The van der Waals surface area contributed by atoms with E-state index in [0.717, 1.165) is 0 Å². The lowest BCUT2D eigenvalue weighted by Gasteiger charge is -2.47. The maximum absolute atomic E-state index is 14.0. The molecular weight excluding hydrogens is 456 g/mol. The van der Waals surface area contributed by atoms with Gasteiger partial charge in [-0.3, -0.25) is 4.79 Å². The lowest BCUT2D eigenvalue weighted by Crippen LogP contribution is -2.60. The maximum atomic E-state index is 14.0. The van der Waals surface area contributed by atoms with Gasteiger partial charge in [0, 0.05) is 37.1 Å². The average Bonchev–Trinajstić information content (AvgIpc) is 2.79. The second kappa shape index (κ2) is 9.81. The largest absolute Gasteiger partial charge is 0.371 e. The fraction of sp³-hybridized carbons (Fsp3) is 0.478. The van der Waals surface area contributed by atoms with E-state index in [2.05, 4.69) is 5.32 Å². The van der Waals surface area contributed by atoms with Crippen molar-refractivity contribution < 1.29 is 18.7 Å². The Morgan fingerprint density at radius 1 is 1.19 bits per heavy atom. The zero-order valence-electron chi connectivity index (χ0n) is 17.6. The Morgan fingerprint density at radius 3 is 2.66 bits per heavy atom. The van der Waals surface area contributed by atoms with Gasteiger partial charge in [0.2, 0.25) is 0 Å². The highest BCUT2D eigenvalue weighted by Crippen LogP contribution is 2.31. The molecule has 0 radical (unpaired) electrons. The number of carbonyl (C=O) groups is 2. The summed E-state index contributed by atoms with van der Waals surface area (Å²) in [7, 11) is 0. The number of carbonyl (C=O) groups excluding carboxylic acids is 2. The number of alkyl halides is 1. The van der Waals surface area contributed by atoms with Gasteiger partial charge in [0.05, 0.1) is 29.7 Å². The summed E-state index contributed by atoms with van der Waals surface area (Å²) in [4.78, 5) is 28.9. The summed E-state index contributed by atoms with van der Waals surface area (Å²) < 4.78 is 20.1. The van der Waals surface area contributed by atoms with Gasteiger partial charge in [-0.25, -0.2) is 9.18 Å². The second-order valence-corrected chi connectivity index (χ2v) is 9.37. The molecule has 1 aromatic rings. The van der Waals surface area contributed by atoms with Crippen LogP contribution < -0.4 is 5.32 Å². The highest BCUT2D eigenvalue weighted by molar-refractivity contribution is 6.32. The Balaban J connectivity index is 1.30. The summed E-state index contributed by atoms with van der Waals surface area (Å²) >= 11 is 12.3. The number of hydrogen-bond donors (Lipinski definition) is 1. The molecular formula is C23H26Cl2FN3O3. The summed E-state index contributed by atoms with van der Waals surface area (Å²) in [5.41, 5.74) is -0.406. The van der Waals surface area contributed by atoms with Gasteiger partial charge in [-0.15, -0.1) is 11.6 Å². The molecule has 172 valence electrons. The first kappa shape index (κ1) is 23.1. The van der Waals surface area contributed by atoms with Crippen LogP contribution in [0.5, 0.6) is 0 Å². The molecule has 1 aromatic carbocycles. The number of ether oxygens (including phenoxy) is 1. The number of urea groups is 1. The van der Waals surface area contributed by atoms with Crippen molar-refractivity contribution in [1.82, 2.24) is 15.1 Å². The Labute approximate surface area is 197 Å². The third kappa shape index (κ3) is 5.11. The number of halogens is 3. The fourth-order valence-electron chi connectivity index (χ4n) is 4.39. The number of hydrogen-bond acceptors (Lipinski definition) is 3. The molecule has 1 spiro atoms. The van der Waals surface area contributed by atoms with E-state index >= 15 is 0 Å². The SMILES string of the molecule is O=C(NCC1C=CC(Cl)=CC1Cl)N1CCOC2(CCN(C(=O)c3ccccc3F)CC2)C1. The zero-order chi connectivity index (χ0) is 22.7. The van der Waals surface area contributed by atoms with Crippen LogP contribution in [0.4, 0.5) is 9.18 Å². The molecule has 3 aliphatic rings. The number of piperidine rings is 1. The fourth-order valence-corrected chi connectivity index (χ4v) is 4.98. The number of allylic oxidation sites excluding steroid dienone is 3. The minimum absolute atomic E-state index is 0.0225. The quantitative estimate of drug-likeness (QED) is 0.668. The van der Waals surface area contributed by atoms with Crippen molar-refractivity contribution >= 4 is 35.1 Å². The number of likely N-dealkylation sites (tertiary alicyclic amines) is 1. The van der Waals surface area contributed by atoms with Crippen molar-refractivity contribution in [3.63, 3.8) is 0 Å². The number of morpholine rings is 1. The van der Waals surface area contributed by atoms with Crippen molar-refractivity contribution in [1.29, 1.82) is 0 Å². The molecule has 0 saturated carbocycles. The van der Waals surface area contributed by atoms with Crippen LogP contribution in [-0.4, -0.2) is 72.0 Å². The number of rotatable bonds is 3. The first-order valence-corrected chi connectivity index (χ1v) is 11.6.